The van der Waals surface area contributed by atoms with Gasteiger partial charge in [0.1, 0.15) is 0 Å². The highest BCUT2D eigenvalue weighted by Crippen LogP contribution is 2.48. The molecular weight excluding hydrogens is 312 g/mol. The highest BCUT2D eigenvalue weighted by Gasteiger charge is 2.45. The van der Waals surface area contributed by atoms with E-state index < -0.39 is 0 Å². The van der Waals surface area contributed by atoms with Gasteiger partial charge in [-0.05, 0) is 5.57 Å². The topological polar surface area (TPSA) is 120 Å². The van der Waals surface area contributed by atoms with Gasteiger partial charge in [0.2, 0.25) is 5.95 Å². The molecule has 2 heterocycles. The predicted molar refractivity (Wildman–Crippen MR) is 89.3 cm³/mol. The third kappa shape index (κ3) is 2.51. The molecule has 3 rings (SSSR count). The van der Waals surface area contributed by atoms with Crippen LogP contribution in [-0.4, -0.2) is 68.3 Å². The average Bonchev–Trinajstić information content (AvgIpc) is 2.95. The minimum Gasteiger partial charge on any atom is -0.396 e. The summed E-state index contributed by atoms with van der Waals surface area (Å²) in [5.74, 6) is -0.174. The predicted octanol–water partition coefficient (Wildman–Crippen LogP) is -0.331. The number of nitrogens with one attached hydrogen (secondary N) is 1. The number of hydrogen-bond acceptors (Lipinski definition) is 6. The molecule has 9 heteroatoms. The largest absolute Gasteiger partial charge is 0.396 e. The van der Waals surface area contributed by atoms with E-state index in [-0.39, 0.29) is 48.1 Å². The molecule has 1 saturated carbocycles. The number of aliphatic hydroxyl groups is 2. The summed E-state index contributed by atoms with van der Waals surface area (Å²) < 4.78 is 1.72. The van der Waals surface area contributed by atoms with Crippen molar-refractivity contribution in [3.63, 3.8) is 0 Å². The molecule has 3 atom stereocenters. The van der Waals surface area contributed by atoms with Gasteiger partial charge in [0.15, 0.2) is 11.2 Å². The van der Waals surface area contributed by atoms with Crippen LogP contribution in [0, 0.1) is 11.8 Å². The first-order chi connectivity index (χ1) is 11.5. The molecule has 24 heavy (non-hydrogen) atoms. The summed E-state index contributed by atoms with van der Waals surface area (Å²) in [6.45, 7) is 3.83. The Balaban J connectivity index is 2.07. The van der Waals surface area contributed by atoms with E-state index in [1.165, 1.54) is 12.7 Å². The van der Waals surface area contributed by atoms with Crippen molar-refractivity contribution in [2.75, 3.05) is 27.3 Å². The van der Waals surface area contributed by atoms with Crippen LogP contribution < -0.4 is 5.56 Å². The first-order valence-corrected chi connectivity index (χ1v) is 7.55. The van der Waals surface area contributed by atoms with Crippen molar-refractivity contribution in [3.05, 3.63) is 28.8 Å². The van der Waals surface area contributed by atoms with E-state index in [0.717, 1.165) is 5.57 Å². The van der Waals surface area contributed by atoms with Crippen molar-refractivity contribution in [3.8, 4) is 0 Å². The summed E-state index contributed by atoms with van der Waals surface area (Å²) in [6, 6.07) is -0.253. The maximum absolute atomic E-state index is 12.2. The molecule has 1 fully saturated rings. The second-order valence-corrected chi connectivity index (χ2v) is 6.08. The minimum atomic E-state index is -0.381. The molecule has 0 aliphatic heterocycles. The summed E-state index contributed by atoms with van der Waals surface area (Å²) in [5, 5.41) is 19.0. The number of hydrogen-bond donors (Lipinski definition) is 3. The molecule has 0 saturated heterocycles. The Labute approximate surface area is 138 Å². The average molecular weight is 332 g/mol. The molecule has 0 aromatic carbocycles. The van der Waals surface area contributed by atoms with Crippen LogP contribution in [0.3, 0.4) is 0 Å². The second-order valence-electron chi connectivity index (χ2n) is 6.08. The number of imidazole rings is 1. The van der Waals surface area contributed by atoms with Crippen LogP contribution in [0.5, 0.6) is 0 Å². The molecule has 0 radical (unpaired) electrons. The first-order valence-electron chi connectivity index (χ1n) is 7.55. The van der Waals surface area contributed by atoms with Crippen molar-refractivity contribution in [2.45, 2.75) is 6.04 Å². The van der Waals surface area contributed by atoms with Gasteiger partial charge in [-0.3, -0.25) is 9.78 Å². The maximum atomic E-state index is 12.2. The van der Waals surface area contributed by atoms with Gasteiger partial charge in [0, 0.05) is 32.5 Å². The van der Waals surface area contributed by atoms with Crippen LogP contribution >= 0.6 is 0 Å². The molecule has 128 valence electrons. The van der Waals surface area contributed by atoms with Crippen molar-refractivity contribution < 1.29 is 10.2 Å². The lowest BCUT2D eigenvalue weighted by Gasteiger charge is -2.46. The summed E-state index contributed by atoms with van der Waals surface area (Å²) in [5.41, 5.74) is 0.992. The van der Waals surface area contributed by atoms with Crippen LogP contribution in [0.4, 0.5) is 5.95 Å². The number of rotatable bonds is 5. The lowest BCUT2D eigenvalue weighted by Crippen LogP contribution is -2.44. The van der Waals surface area contributed by atoms with E-state index in [1.807, 2.05) is 14.1 Å². The Kier molecular flexibility index (Phi) is 4.20. The van der Waals surface area contributed by atoms with Crippen molar-refractivity contribution in [1.29, 1.82) is 0 Å². The first kappa shape index (κ1) is 16.3. The Morgan fingerprint density at radius 1 is 1.46 bits per heavy atom. The highest BCUT2D eigenvalue weighted by molar-refractivity contribution is 5.71. The third-order valence-electron chi connectivity index (χ3n) is 4.32. The monoisotopic (exact) mass is 332 g/mol. The molecule has 0 spiro atoms. The lowest BCUT2D eigenvalue weighted by atomic mass is 9.66. The highest BCUT2D eigenvalue weighted by atomic mass is 16.3. The molecular formula is C15H20N6O3. The van der Waals surface area contributed by atoms with E-state index in [9.17, 15) is 15.0 Å². The van der Waals surface area contributed by atoms with E-state index in [2.05, 4.69) is 26.5 Å². The number of aromatic nitrogens is 4. The number of aromatic amines is 1. The maximum Gasteiger partial charge on any atom is 0.280 e. The van der Waals surface area contributed by atoms with Gasteiger partial charge >= 0.3 is 0 Å². The summed E-state index contributed by atoms with van der Waals surface area (Å²) in [7, 11) is 3.62. The summed E-state index contributed by atoms with van der Waals surface area (Å²) >= 11 is 0. The van der Waals surface area contributed by atoms with Crippen molar-refractivity contribution in [2.24, 2.45) is 16.8 Å². The van der Waals surface area contributed by atoms with Crippen molar-refractivity contribution >= 4 is 23.5 Å². The molecule has 1 aliphatic rings. The van der Waals surface area contributed by atoms with Crippen LogP contribution in [0.15, 0.2) is 28.3 Å². The van der Waals surface area contributed by atoms with Crippen LogP contribution in [0.1, 0.15) is 6.04 Å². The molecule has 3 N–H and O–H groups in total. The Morgan fingerprint density at radius 2 is 2.21 bits per heavy atom. The Hall–Kier alpha value is -2.52. The molecule has 0 amide bonds. The van der Waals surface area contributed by atoms with Gasteiger partial charge in [-0.2, -0.15) is 4.98 Å². The fourth-order valence-electron chi connectivity index (χ4n) is 3.08. The fourth-order valence-corrected chi connectivity index (χ4v) is 3.08. The number of aliphatic hydroxyl groups excluding tert-OH is 2. The standard InChI is InChI=1S/C15H20N6O3/c1-8-9(4-22)10(5-23)12(8)21-7-16-11-13(21)18-15(19-14(11)24)17-6-20(2)3/h6-7,9-10,12,22-23H,1,4-5H2,2-3H3,(H,18,19,24)/b17-6+/t9-,10+,12+/m0/s1. The molecule has 0 bridgehead atoms. The molecule has 9 nitrogen and oxygen atoms in total. The molecule has 0 unspecified atom stereocenters. The van der Waals surface area contributed by atoms with E-state index in [0.29, 0.717) is 5.65 Å². The molecule has 2 aromatic rings. The zero-order valence-electron chi connectivity index (χ0n) is 13.5. The Morgan fingerprint density at radius 3 is 2.83 bits per heavy atom. The third-order valence-corrected chi connectivity index (χ3v) is 4.32. The lowest BCUT2D eigenvalue weighted by molar-refractivity contribution is 0.0536. The summed E-state index contributed by atoms with van der Waals surface area (Å²) in [6.07, 6.45) is 3.05. The van der Waals surface area contributed by atoms with Gasteiger partial charge in [-0.15, -0.1) is 0 Å². The van der Waals surface area contributed by atoms with Gasteiger partial charge in [0.05, 0.1) is 25.3 Å². The van der Waals surface area contributed by atoms with Crippen LogP contribution in [-0.2, 0) is 0 Å². The van der Waals surface area contributed by atoms with Crippen LogP contribution in [0.25, 0.3) is 11.2 Å². The number of aliphatic imine (C=N–C) groups is 1. The van der Waals surface area contributed by atoms with E-state index >= 15 is 0 Å². The van der Waals surface area contributed by atoms with Gasteiger partial charge in [0.25, 0.3) is 5.56 Å². The zero-order chi connectivity index (χ0) is 17.4. The second kappa shape index (κ2) is 6.17. The normalized spacial score (nSPS) is 23.8. The SMILES string of the molecule is C=C1[C@@H](n2cnc3c(=O)[nH]c(/N=C/N(C)C)nc32)[C@H](CO)[C@H]1CO. The quantitative estimate of drug-likeness (QED) is 0.392. The minimum absolute atomic E-state index is 0.0699. The van der Waals surface area contributed by atoms with Crippen LogP contribution in [0.2, 0.25) is 0 Å². The number of fused-ring (bicyclic) bond motifs is 1. The molecule has 2 aromatic heterocycles. The Bertz CT molecular complexity index is 853. The van der Waals surface area contributed by atoms with Gasteiger partial charge < -0.3 is 19.7 Å². The van der Waals surface area contributed by atoms with Crippen molar-refractivity contribution in [1.82, 2.24) is 24.4 Å². The zero-order valence-corrected chi connectivity index (χ0v) is 13.5. The van der Waals surface area contributed by atoms with E-state index in [4.69, 9.17) is 0 Å². The van der Waals surface area contributed by atoms with E-state index in [1.54, 1.807) is 9.47 Å². The summed E-state index contributed by atoms with van der Waals surface area (Å²) in [4.78, 5) is 29.1. The number of H-pyrrole nitrogens is 1. The fraction of sp³-hybridized carbons (Fsp3) is 0.467. The smallest absolute Gasteiger partial charge is 0.280 e. The van der Waals surface area contributed by atoms with Gasteiger partial charge in [-0.1, -0.05) is 6.58 Å². The number of nitrogens with zero attached hydrogens (tertiary/aromatic N) is 5. The van der Waals surface area contributed by atoms with Gasteiger partial charge in [-0.25, -0.2) is 9.98 Å². The molecule has 1 aliphatic carbocycles.